The molecular weight excluding hydrogens is 262 g/mol. The van der Waals surface area contributed by atoms with Crippen LogP contribution in [0.4, 0.5) is 0 Å². The molecule has 3 rings (SSSR count). The van der Waals surface area contributed by atoms with E-state index in [1.807, 2.05) is 0 Å². The summed E-state index contributed by atoms with van der Waals surface area (Å²) in [6, 6.07) is 4.38. The Morgan fingerprint density at radius 3 is 2.67 bits per heavy atom. The van der Waals surface area contributed by atoms with Crippen molar-refractivity contribution in [1.29, 1.82) is 0 Å². The molecule has 1 aromatic rings. The first-order chi connectivity index (χ1) is 10.3. The molecule has 0 bridgehead atoms. The summed E-state index contributed by atoms with van der Waals surface area (Å²) in [6.07, 6.45) is 4.71. The Bertz CT molecular complexity index is 478. The lowest BCUT2D eigenvalue weighted by Gasteiger charge is -2.25. The van der Waals surface area contributed by atoms with Crippen LogP contribution in [0.2, 0.25) is 0 Å². The van der Waals surface area contributed by atoms with Crippen LogP contribution in [0.5, 0.6) is 11.5 Å². The number of nitrogens with one attached hydrogen (secondary N) is 1. The van der Waals surface area contributed by atoms with Crippen molar-refractivity contribution < 1.29 is 9.47 Å². The number of fused-ring (bicyclic) bond motifs is 1. The summed E-state index contributed by atoms with van der Waals surface area (Å²) in [5, 5.41) is 3.45. The fraction of sp³-hybridized carbons (Fsp3) is 0.667. The van der Waals surface area contributed by atoms with Crippen LogP contribution in [0.15, 0.2) is 12.1 Å². The molecule has 0 amide bonds. The number of hydrogen-bond donors (Lipinski definition) is 1. The maximum Gasteiger partial charge on any atom is 0.164 e. The molecule has 2 heterocycles. The second-order valence-electron chi connectivity index (χ2n) is 6.57. The Kier molecular flexibility index (Phi) is 4.69. The summed E-state index contributed by atoms with van der Waals surface area (Å²) in [5.74, 6) is 3.21. The zero-order valence-electron chi connectivity index (χ0n) is 13.3. The van der Waals surface area contributed by atoms with Crippen molar-refractivity contribution in [3.05, 3.63) is 23.3 Å². The first-order valence-corrected chi connectivity index (χ1v) is 8.38. The standard InChI is InChI=1S/C18H27NO2/c1-13(2)17-15(12-14-6-8-19-9-7-14)4-5-16-18(17)21-11-3-10-20-16/h4-5,13-14,19H,3,6-12H2,1-2H3. The zero-order valence-corrected chi connectivity index (χ0v) is 13.3. The molecule has 1 N–H and O–H groups in total. The maximum absolute atomic E-state index is 6.03. The summed E-state index contributed by atoms with van der Waals surface area (Å²) in [4.78, 5) is 0. The van der Waals surface area contributed by atoms with E-state index in [1.165, 1.54) is 30.4 Å². The van der Waals surface area contributed by atoms with Gasteiger partial charge in [0.1, 0.15) is 0 Å². The third-order valence-electron chi connectivity index (χ3n) is 4.59. The second kappa shape index (κ2) is 6.69. The van der Waals surface area contributed by atoms with Crippen LogP contribution in [-0.2, 0) is 6.42 Å². The lowest BCUT2D eigenvalue weighted by molar-refractivity contribution is 0.295. The number of rotatable bonds is 3. The van der Waals surface area contributed by atoms with Crippen LogP contribution < -0.4 is 14.8 Å². The van der Waals surface area contributed by atoms with Gasteiger partial charge in [0.2, 0.25) is 0 Å². The van der Waals surface area contributed by atoms with Gasteiger partial charge in [-0.1, -0.05) is 19.9 Å². The lowest BCUT2D eigenvalue weighted by Crippen LogP contribution is -2.28. The van der Waals surface area contributed by atoms with Crippen molar-refractivity contribution in [1.82, 2.24) is 5.32 Å². The van der Waals surface area contributed by atoms with Gasteiger partial charge in [-0.2, -0.15) is 0 Å². The van der Waals surface area contributed by atoms with Crippen LogP contribution in [0.3, 0.4) is 0 Å². The van der Waals surface area contributed by atoms with Gasteiger partial charge in [0.15, 0.2) is 11.5 Å². The summed E-state index contributed by atoms with van der Waals surface area (Å²) in [7, 11) is 0. The summed E-state index contributed by atoms with van der Waals surface area (Å²) in [5.41, 5.74) is 2.83. The number of ether oxygens (including phenoxy) is 2. The van der Waals surface area contributed by atoms with Crippen molar-refractivity contribution in [2.75, 3.05) is 26.3 Å². The van der Waals surface area contributed by atoms with Crippen molar-refractivity contribution in [2.24, 2.45) is 5.92 Å². The normalized spacial score (nSPS) is 19.6. The molecule has 3 nitrogen and oxygen atoms in total. The van der Waals surface area contributed by atoms with E-state index in [2.05, 4.69) is 31.3 Å². The van der Waals surface area contributed by atoms with Crippen LogP contribution >= 0.6 is 0 Å². The van der Waals surface area contributed by atoms with Gasteiger partial charge in [0.25, 0.3) is 0 Å². The molecule has 21 heavy (non-hydrogen) atoms. The van der Waals surface area contributed by atoms with Gasteiger partial charge in [-0.15, -0.1) is 0 Å². The molecule has 2 aliphatic heterocycles. The Balaban J connectivity index is 1.90. The molecule has 0 unspecified atom stereocenters. The predicted octanol–water partition coefficient (Wildman–Crippen LogP) is 3.51. The summed E-state index contributed by atoms with van der Waals surface area (Å²) >= 11 is 0. The topological polar surface area (TPSA) is 30.5 Å². The van der Waals surface area contributed by atoms with Gasteiger partial charge in [0.05, 0.1) is 13.2 Å². The Morgan fingerprint density at radius 1 is 1.14 bits per heavy atom. The van der Waals surface area contributed by atoms with E-state index in [0.29, 0.717) is 5.92 Å². The van der Waals surface area contributed by atoms with Crippen molar-refractivity contribution in [2.45, 2.75) is 45.4 Å². The highest BCUT2D eigenvalue weighted by molar-refractivity contribution is 5.52. The molecule has 2 aliphatic rings. The van der Waals surface area contributed by atoms with Gasteiger partial charge in [-0.25, -0.2) is 0 Å². The molecule has 0 aromatic heterocycles. The first kappa shape index (κ1) is 14.7. The summed E-state index contributed by atoms with van der Waals surface area (Å²) in [6.45, 7) is 8.37. The SMILES string of the molecule is CC(C)c1c(CC2CCNCC2)ccc2c1OCCCO2. The lowest BCUT2D eigenvalue weighted by atomic mass is 9.86. The maximum atomic E-state index is 6.03. The van der Waals surface area contributed by atoms with E-state index in [4.69, 9.17) is 9.47 Å². The molecule has 1 saturated heterocycles. The minimum atomic E-state index is 0.471. The molecule has 1 fully saturated rings. The van der Waals surface area contributed by atoms with E-state index in [-0.39, 0.29) is 0 Å². The Hall–Kier alpha value is -1.22. The van der Waals surface area contributed by atoms with Gasteiger partial charge in [-0.05, 0) is 55.8 Å². The third-order valence-corrected chi connectivity index (χ3v) is 4.59. The largest absolute Gasteiger partial charge is 0.490 e. The average molecular weight is 289 g/mol. The van der Waals surface area contributed by atoms with Crippen LogP contribution in [0.25, 0.3) is 0 Å². The van der Waals surface area contributed by atoms with Crippen LogP contribution in [0, 0.1) is 5.92 Å². The molecule has 0 aliphatic carbocycles. The van der Waals surface area contributed by atoms with E-state index >= 15 is 0 Å². The van der Waals surface area contributed by atoms with Crippen molar-refractivity contribution in [3.8, 4) is 11.5 Å². The fourth-order valence-corrected chi connectivity index (χ4v) is 3.51. The molecule has 0 atom stereocenters. The Labute approximate surface area is 128 Å². The highest BCUT2D eigenvalue weighted by Gasteiger charge is 2.23. The minimum Gasteiger partial charge on any atom is -0.490 e. The zero-order chi connectivity index (χ0) is 14.7. The minimum absolute atomic E-state index is 0.471. The van der Waals surface area contributed by atoms with E-state index in [9.17, 15) is 0 Å². The van der Waals surface area contributed by atoms with Gasteiger partial charge in [0, 0.05) is 12.0 Å². The Morgan fingerprint density at radius 2 is 1.90 bits per heavy atom. The molecule has 0 saturated carbocycles. The summed E-state index contributed by atoms with van der Waals surface area (Å²) < 4.78 is 11.9. The average Bonchev–Trinajstić information content (AvgIpc) is 2.73. The third kappa shape index (κ3) is 3.34. The van der Waals surface area contributed by atoms with E-state index in [0.717, 1.165) is 50.1 Å². The fourth-order valence-electron chi connectivity index (χ4n) is 3.51. The number of hydrogen-bond acceptors (Lipinski definition) is 3. The molecule has 0 spiro atoms. The predicted molar refractivity (Wildman–Crippen MR) is 85.4 cm³/mol. The molecule has 0 radical (unpaired) electrons. The number of piperidine rings is 1. The number of benzene rings is 1. The molecule has 3 heteroatoms. The van der Waals surface area contributed by atoms with Crippen molar-refractivity contribution >= 4 is 0 Å². The first-order valence-electron chi connectivity index (χ1n) is 8.38. The highest BCUT2D eigenvalue weighted by atomic mass is 16.5. The van der Waals surface area contributed by atoms with E-state index in [1.54, 1.807) is 0 Å². The van der Waals surface area contributed by atoms with Gasteiger partial charge < -0.3 is 14.8 Å². The highest BCUT2D eigenvalue weighted by Crippen LogP contribution is 2.40. The van der Waals surface area contributed by atoms with Gasteiger partial charge >= 0.3 is 0 Å². The quantitative estimate of drug-likeness (QED) is 0.923. The molecular formula is C18H27NO2. The second-order valence-corrected chi connectivity index (χ2v) is 6.57. The smallest absolute Gasteiger partial charge is 0.164 e. The van der Waals surface area contributed by atoms with Crippen LogP contribution in [-0.4, -0.2) is 26.3 Å². The van der Waals surface area contributed by atoms with Crippen LogP contribution in [0.1, 0.15) is 50.2 Å². The monoisotopic (exact) mass is 289 g/mol. The molecule has 116 valence electrons. The van der Waals surface area contributed by atoms with E-state index < -0.39 is 0 Å². The molecule has 1 aromatic carbocycles. The van der Waals surface area contributed by atoms with Crippen molar-refractivity contribution in [3.63, 3.8) is 0 Å². The van der Waals surface area contributed by atoms with Gasteiger partial charge in [-0.3, -0.25) is 0 Å².